The normalized spacial score (nSPS) is 17.5. The predicted octanol–water partition coefficient (Wildman–Crippen LogP) is 2.29. The highest BCUT2D eigenvalue weighted by Crippen LogP contribution is 2.28. The Morgan fingerprint density at radius 1 is 1.38 bits per heavy atom. The summed E-state index contributed by atoms with van der Waals surface area (Å²) >= 11 is 0. The van der Waals surface area contributed by atoms with Crippen molar-refractivity contribution in [2.45, 2.75) is 32.9 Å². The van der Waals surface area contributed by atoms with Crippen LogP contribution in [-0.2, 0) is 11.3 Å². The summed E-state index contributed by atoms with van der Waals surface area (Å²) in [7, 11) is 0. The van der Waals surface area contributed by atoms with Crippen molar-refractivity contribution in [3.8, 4) is 5.75 Å². The maximum absolute atomic E-state index is 12.3. The molecule has 0 saturated carbocycles. The molecule has 1 aromatic carbocycles. The number of carbonyl (C=O) groups is 1. The Morgan fingerprint density at radius 3 is 2.71 bits per heavy atom. The first-order valence-corrected chi connectivity index (χ1v) is 7.03. The van der Waals surface area contributed by atoms with E-state index in [1.807, 2.05) is 6.92 Å². The molecule has 1 amide bonds. The van der Waals surface area contributed by atoms with Crippen LogP contribution in [0.15, 0.2) is 24.3 Å². The van der Waals surface area contributed by atoms with Gasteiger partial charge in [0.15, 0.2) is 0 Å². The zero-order valence-corrected chi connectivity index (χ0v) is 12.0. The summed E-state index contributed by atoms with van der Waals surface area (Å²) in [5, 5.41) is 6.05. The Kier molecular flexibility index (Phi) is 5.12. The van der Waals surface area contributed by atoms with Crippen molar-refractivity contribution in [2.24, 2.45) is 5.41 Å². The first-order valence-electron chi connectivity index (χ1n) is 7.03. The van der Waals surface area contributed by atoms with Crippen LogP contribution in [0.5, 0.6) is 5.75 Å². The van der Waals surface area contributed by atoms with Gasteiger partial charge in [0.25, 0.3) is 0 Å². The summed E-state index contributed by atoms with van der Waals surface area (Å²) in [5.41, 5.74) is 0.146. The zero-order chi connectivity index (χ0) is 15.3. The van der Waals surface area contributed by atoms with Gasteiger partial charge in [-0.15, -0.1) is 0 Å². The number of rotatable bonds is 5. The topological polar surface area (TPSA) is 50.4 Å². The maximum Gasteiger partial charge on any atom is 0.387 e. The third kappa shape index (κ3) is 4.14. The molecule has 6 heteroatoms. The number of halogens is 2. The average Bonchev–Trinajstić information content (AvgIpc) is 2.46. The van der Waals surface area contributed by atoms with Gasteiger partial charge in [-0.05, 0) is 32.0 Å². The van der Waals surface area contributed by atoms with Gasteiger partial charge >= 0.3 is 6.61 Å². The number of nitrogens with one attached hydrogen (secondary N) is 2. The molecule has 1 aliphatic heterocycles. The van der Waals surface area contributed by atoms with Gasteiger partial charge in [-0.25, -0.2) is 0 Å². The molecule has 4 nitrogen and oxygen atoms in total. The minimum absolute atomic E-state index is 0.0455. The molecule has 2 N–H and O–H groups in total. The fourth-order valence-corrected chi connectivity index (χ4v) is 2.46. The second-order valence-electron chi connectivity index (χ2n) is 5.48. The largest absolute Gasteiger partial charge is 0.434 e. The number of para-hydroxylation sites is 1. The molecule has 0 spiro atoms. The SMILES string of the molecule is CC1(C(=O)NCc2ccccc2OC(F)F)CCNCC1. The smallest absolute Gasteiger partial charge is 0.387 e. The van der Waals surface area contributed by atoms with Gasteiger partial charge in [-0.2, -0.15) is 8.78 Å². The Labute approximate surface area is 122 Å². The van der Waals surface area contributed by atoms with Crippen molar-refractivity contribution in [3.63, 3.8) is 0 Å². The van der Waals surface area contributed by atoms with Crippen molar-refractivity contribution in [3.05, 3.63) is 29.8 Å². The van der Waals surface area contributed by atoms with Crippen LogP contribution in [0, 0.1) is 5.41 Å². The van der Waals surface area contributed by atoms with Crippen molar-refractivity contribution < 1.29 is 18.3 Å². The minimum Gasteiger partial charge on any atom is -0.434 e. The second-order valence-corrected chi connectivity index (χ2v) is 5.48. The van der Waals surface area contributed by atoms with E-state index in [1.165, 1.54) is 6.07 Å². The Morgan fingerprint density at radius 2 is 2.05 bits per heavy atom. The van der Waals surface area contributed by atoms with Crippen LogP contribution in [0.2, 0.25) is 0 Å². The van der Waals surface area contributed by atoms with Gasteiger partial charge < -0.3 is 15.4 Å². The first kappa shape index (κ1) is 15.7. The average molecular weight is 298 g/mol. The monoisotopic (exact) mass is 298 g/mol. The fraction of sp³-hybridized carbons (Fsp3) is 0.533. The highest BCUT2D eigenvalue weighted by molar-refractivity contribution is 5.82. The lowest BCUT2D eigenvalue weighted by Crippen LogP contribution is -2.45. The Bertz CT molecular complexity index is 488. The number of amides is 1. The van der Waals surface area contributed by atoms with Crippen molar-refractivity contribution in [1.29, 1.82) is 0 Å². The maximum atomic E-state index is 12.3. The molecule has 1 fully saturated rings. The lowest BCUT2D eigenvalue weighted by atomic mass is 9.80. The molecule has 0 bridgehead atoms. The standard InChI is InChI=1S/C15H20F2N2O2/c1-15(6-8-18-9-7-15)13(20)19-10-11-4-2-3-5-12(11)21-14(16)17/h2-5,14,18H,6-10H2,1H3,(H,19,20). The van der Waals surface area contributed by atoms with Gasteiger partial charge in [0.05, 0.1) is 0 Å². The van der Waals surface area contributed by atoms with E-state index in [9.17, 15) is 13.6 Å². The summed E-state index contributed by atoms with van der Waals surface area (Å²) in [4.78, 5) is 12.3. The second kappa shape index (κ2) is 6.85. The van der Waals surface area contributed by atoms with E-state index in [4.69, 9.17) is 0 Å². The van der Waals surface area contributed by atoms with E-state index >= 15 is 0 Å². The molecule has 2 rings (SSSR count). The zero-order valence-electron chi connectivity index (χ0n) is 12.0. The van der Waals surface area contributed by atoms with Crippen molar-refractivity contribution >= 4 is 5.91 Å². The number of carbonyl (C=O) groups excluding carboxylic acids is 1. The third-order valence-corrected chi connectivity index (χ3v) is 3.88. The quantitative estimate of drug-likeness (QED) is 0.877. The van der Waals surface area contributed by atoms with Gasteiger partial charge in [0, 0.05) is 17.5 Å². The number of hydrogen-bond acceptors (Lipinski definition) is 3. The number of benzene rings is 1. The minimum atomic E-state index is -2.87. The van der Waals surface area contributed by atoms with E-state index < -0.39 is 12.0 Å². The molecule has 116 valence electrons. The van der Waals surface area contributed by atoms with E-state index in [0.717, 1.165) is 25.9 Å². The Hall–Kier alpha value is -1.69. The molecule has 0 aliphatic carbocycles. The van der Waals surface area contributed by atoms with Crippen LogP contribution in [0.4, 0.5) is 8.78 Å². The number of piperidine rings is 1. The van der Waals surface area contributed by atoms with Crippen LogP contribution in [0.3, 0.4) is 0 Å². The Balaban J connectivity index is 1.98. The van der Waals surface area contributed by atoms with E-state index in [-0.39, 0.29) is 18.2 Å². The molecular weight excluding hydrogens is 278 g/mol. The lowest BCUT2D eigenvalue weighted by molar-refractivity contribution is -0.131. The molecule has 21 heavy (non-hydrogen) atoms. The summed E-state index contributed by atoms with van der Waals surface area (Å²) in [6.45, 7) is 0.878. The molecule has 0 atom stereocenters. The highest BCUT2D eigenvalue weighted by Gasteiger charge is 2.34. The highest BCUT2D eigenvalue weighted by atomic mass is 19.3. The van der Waals surface area contributed by atoms with Crippen LogP contribution in [-0.4, -0.2) is 25.6 Å². The number of hydrogen-bond donors (Lipinski definition) is 2. The van der Waals surface area contributed by atoms with Crippen LogP contribution < -0.4 is 15.4 Å². The third-order valence-electron chi connectivity index (χ3n) is 3.88. The molecule has 1 aliphatic rings. The molecule has 1 saturated heterocycles. The molecule has 0 radical (unpaired) electrons. The van der Waals surface area contributed by atoms with Crippen LogP contribution in [0.1, 0.15) is 25.3 Å². The van der Waals surface area contributed by atoms with E-state index in [0.29, 0.717) is 5.56 Å². The van der Waals surface area contributed by atoms with Crippen molar-refractivity contribution in [1.82, 2.24) is 10.6 Å². The van der Waals surface area contributed by atoms with E-state index in [2.05, 4.69) is 15.4 Å². The number of ether oxygens (including phenoxy) is 1. The number of alkyl halides is 2. The van der Waals surface area contributed by atoms with Crippen molar-refractivity contribution in [2.75, 3.05) is 13.1 Å². The van der Waals surface area contributed by atoms with Gasteiger partial charge in [0.1, 0.15) is 5.75 Å². The fourth-order valence-electron chi connectivity index (χ4n) is 2.46. The summed E-state index contributed by atoms with van der Waals surface area (Å²) in [6.07, 6.45) is 1.54. The summed E-state index contributed by atoms with van der Waals surface area (Å²) in [5.74, 6) is 0.0547. The molecular formula is C15H20F2N2O2. The summed E-state index contributed by atoms with van der Waals surface area (Å²) in [6, 6.07) is 6.49. The molecule has 1 aromatic rings. The molecule has 0 aromatic heterocycles. The van der Waals surface area contributed by atoms with Gasteiger partial charge in [0.2, 0.25) is 5.91 Å². The predicted molar refractivity (Wildman–Crippen MR) is 75.1 cm³/mol. The van der Waals surface area contributed by atoms with Gasteiger partial charge in [-0.3, -0.25) is 4.79 Å². The summed E-state index contributed by atoms with van der Waals surface area (Å²) < 4.78 is 29.1. The lowest BCUT2D eigenvalue weighted by Gasteiger charge is -2.32. The first-order chi connectivity index (χ1) is 10.0. The van der Waals surface area contributed by atoms with Crippen LogP contribution >= 0.6 is 0 Å². The molecule has 0 unspecified atom stereocenters. The van der Waals surface area contributed by atoms with E-state index in [1.54, 1.807) is 18.2 Å². The van der Waals surface area contributed by atoms with Crippen LogP contribution in [0.25, 0.3) is 0 Å². The molecule has 1 heterocycles. The van der Waals surface area contributed by atoms with Gasteiger partial charge in [-0.1, -0.05) is 25.1 Å².